The van der Waals surface area contributed by atoms with Gasteiger partial charge in [-0.15, -0.1) is 0 Å². The number of nitrogens with zero attached hydrogens (tertiary/aromatic N) is 1. The Morgan fingerprint density at radius 1 is 1.31 bits per heavy atom. The predicted molar refractivity (Wildman–Crippen MR) is 50.2 cm³/mol. The summed E-state index contributed by atoms with van der Waals surface area (Å²) in [7, 11) is 0. The predicted octanol–water partition coefficient (Wildman–Crippen LogP) is -0.700. The second-order valence-corrected chi connectivity index (χ2v) is 3.99. The number of primary amides is 1. The maximum atomic E-state index is 11.4. The van der Waals surface area contributed by atoms with E-state index in [0.29, 0.717) is 0 Å². The van der Waals surface area contributed by atoms with Crippen LogP contribution < -0.4 is 11.1 Å². The smallest absolute Gasteiger partial charge is 0.237 e. The Balaban J connectivity index is 2.06. The van der Waals surface area contributed by atoms with E-state index in [2.05, 4.69) is 10.2 Å². The fourth-order valence-electron chi connectivity index (χ4n) is 2.32. The Kier molecular flexibility index (Phi) is 2.26. The van der Waals surface area contributed by atoms with Crippen molar-refractivity contribution in [2.45, 2.75) is 24.8 Å². The van der Waals surface area contributed by atoms with Gasteiger partial charge in [-0.25, -0.2) is 0 Å². The number of rotatable bonds is 2. The minimum Gasteiger partial charge on any atom is -0.368 e. The second-order valence-electron chi connectivity index (χ2n) is 3.99. The summed E-state index contributed by atoms with van der Waals surface area (Å²) in [6, 6.07) is 0. The van der Waals surface area contributed by atoms with Crippen LogP contribution in [-0.2, 0) is 4.79 Å². The highest BCUT2D eigenvalue weighted by Crippen LogP contribution is 2.37. The van der Waals surface area contributed by atoms with E-state index in [0.717, 1.165) is 45.4 Å². The van der Waals surface area contributed by atoms with Gasteiger partial charge in [-0.2, -0.15) is 0 Å². The Morgan fingerprint density at radius 2 is 1.92 bits per heavy atom. The third kappa shape index (κ3) is 1.34. The van der Waals surface area contributed by atoms with Crippen LogP contribution in [0.2, 0.25) is 0 Å². The van der Waals surface area contributed by atoms with E-state index in [1.165, 1.54) is 0 Å². The molecule has 0 spiro atoms. The zero-order valence-corrected chi connectivity index (χ0v) is 7.88. The molecule has 1 saturated carbocycles. The SMILES string of the molecule is NC(=O)C1(N2CCNCC2)CCC1. The van der Waals surface area contributed by atoms with Crippen LogP contribution in [0.25, 0.3) is 0 Å². The molecule has 4 nitrogen and oxygen atoms in total. The van der Waals surface area contributed by atoms with Crippen molar-refractivity contribution < 1.29 is 4.79 Å². The molecule has 0 aromatic heterocycles. The van der Waals surface area contributed by atoms with Crippen LogP contribution in [0, 0.1) is 0 Å². The first-order valence-corrected chi connectivity index (χ1v) is 5.01. The van der Waals surface area contributed by atoms with Gasteiger partial charge in [-0.05, 0) is 19.3 Å². The van der Waals surface area contributed by atoms with Gasteiger partial charge in [0.25, 0.3) is 0 Å². The minimum atomic E-state index is -0.276. The van der Waals surface area contributed by atoms with Gasteiger partial charge < -0.3 is 11.1 Å². The molecule has 2 aliphatic rings. The van der Waals surface area contributed by atoms with Gasteiger partial charge in [0.1, 0.15) is 5.54 Å². The van der Waals surface area contributed by atoms with Gasteiger partial charge in [-0.1, -0.05) is 0 Å². The van der Waals surface area contributed by atoms with Crippen molar-refractivity contribution in [3.05, 3.63) is 0 Å². The van der Waals surface area contributed by atoms with Gasteiger partial charge in [0, 0.05) is 26.2 Å². The van der Waals surface area contributed by atoms with Crippen molar-refractivity contribution in [2.75, 3.05) is 26.2 Å². The van der Waals surface area contributed by atoms with Crippen molar-refractivity contribution >= 4 is 5.91 Å². The summed E-state index contributed by atoms with van der Waals surface area (Å²) in [5, 5.41) is 3.28. The van der Waals surface area contributed by atoms with E-state index in [1.54, 1.807) is 0 Å². The van der Waals surface area contributed by atoms with Crippen LogP contribution >= 0.6 is 0 Å². The standard InChI is InChI=1S/C9H17N3O/c10-8(13)9(2-1-3-9)12-6-4-11-5-7-12/h11H,1-7H2,(H2,10,13). The van der Waals surface area contributed by atoms with Gasteiger partial charge in [0.2, 0.25) is 5.91 Å². The lowest BCUT2D eigenvalue weighted by Crippen LogP contribution is -2.65. The van der Waals surface area contributed by atoms with Crippen LogP contribution in [0.3, 0.4) is 0 Å². The highest BCUT2D eigenvalue weighted by molar-refractivity contribution is 5.85. The number of carbonyl (C=O) groups excluding carboxylic acids is 1. The molecule has 1 saturated heterocycles. The van der Waals surface area contributed by atoms with Crippen molar-refractivity contribution in [3.63, 3.8) is 0 Å². The van der Waals surface area contributed by atoms with E-state index in [4.69, 9.17) is 5.73 Å². The molecule has 4 heteroatoms. The van der Waals surface area contributed by atoms with Crippen molar-refractivity contribution in [2.24, 2.45) is 5.73 Å². The topological polar surface area (TPSA) is 58.4 Å². The molecular weight excluding hydrogens is 166 g/mol. The molecule has 0 atom stereocenters. The summed E-state index contributed by atoms with van der Waals surface area (Å²) in [6.45, 7) is 3.88. The average molecular weight is 183 g/mol. The number of hydrogen-bond acceptors (Lipinski definition) is 3. The maximum absolute atomic E-state index is 11.4. The quantitative estimate of drug-likeness (QED) is 0.595. The average Bonchev–Trinajstić information content (AvgIpc) is 2.03. The van der Waals surface area contributed by atoms with E-state index >= 15 is 0 Å². The van der Waals surface area contributed by atoms with Gasteiger partial charge in [0.05, 0.1) is 0 Å². The summed E-state index contributed by atoms with van der Waals surface area (Å²) in [6.07, 6.45) is 3.07. The first-order valence-electron chi connectivity index (χ1n) is 5.01. The zero-order valence-electron chi connectivity index (χ0n) is 7.88. The van der Waals surface area contributed by atoms with Crippen LogP contribution in [0.4, 0.5) is 0 Å². The second kappa shape index (κ2) is 3.27. The lowest BCUT2D eigenvalue weighted by atomic mass is 9.74. The van der Waals surface area contributed by atoms with Crippen molar-refractivity contribution in [1.29, 1.82) is 0 Å². The largest absolute Gasteiger partial charge is 0.368 e. The molecular formula is C9H17N3O. The number of amides is 1. The lowest BCUT2D eigenvalue weighted by Gasteiger charge is -2.49. The van der Waals surface area contributed by atoms with Crippen LogP contribution in [0.5, 0.6) is 0 Å². The molecule has 0 radical (unpaired) electrons. The molecule has 3 N–H and O–H groups in total. The molecule has 1 aliphatic carbocycles. The van der Waals surface area contributed by atoms with Crippen LogP contribution in [0.15, 0.2) is 0 Å². The minimum absolute atomic E-state index is 0.124. The summed E-state index contributed by atoms with van der Waals surface area (Å²) in [4.78, 5) is 13.6. The summed E-state index contributed by atoms with van der Waals surface area (Å²) < 4.78 is 0. The van der Waals surface area contributed by atoms with E-state index in [1.807, 2.05) is 0 Å². The molecule has 0 aromatic carbocycles. The molecule has 0 aromatic rings. The van der Waals surface area contributed by atoms with Gasteiger partial charge in [-0.3, -0.25) is 9.69 Å². The normalized spacial score (nSPS) is 28.0. The van der Waals surface area contributed by atoms with Crippen LogP contribution in [-0.4, -0.2) is 42.5 Å². The van der Waals surface area contributed by atoms with Gasteiger partial charge in [0.15, 0.2) is 0 Å². The molecule has 1 aliphatic heterocycles. The first kappa shape index (κ1) is 8.97. The Labute approximate surface area is 78.5 Å². The summed E-state index contributed by atoms with van der Waals surface area (Å²) >= 11 is 0. The van der Waals surface area contributed by atoms with E-state index in [-0.39, 0.29) is 11.4 Å². The maximum Gasteiger partial charge on any atom is 0.237 e. The van der Waals surface area contributed by atoms with Crippen molar-refractivity contribution in [1.82, 2.24) is 10.2 Å². The van der Waals surface area contributed by atoms with Gasteiger partial charge >= 0.3 is 0 Å². The molecule has 13 heavy (non-hydrogen) atoms. The van der Waals surface area contributed by atoms with E-state index in [9.17, 15) is 4.79 Å². The van der Waals surface area contributed by atoms with Crippen molar-refractivity contribution in [3.8, 4) is 0 Å². The number of nitrogens with two attached hydrogens (primary N) is 1. The lowest BCUT2D eigenvalue weighted by molar-refractivity contribution is -0.137. The molecule has 0 bridgehead atoms. The first-order chi connectivity index (χ1) is 6.26. The molecule has 1 heterocycles. The molecule has 2 fully saturated rings. The third-order valence-corrected chi connectivity index (χ3v) is 3.36. The monoisotopic (exact) mass is 183 g/mol. The third-order valence-electron chi connectivity index (χ3n) is 3.36. The summed E-state index contributed by atoms with van der Waals surface area (Å²) in [5.74, 6) is -0.124. The highest BCUT2D eigenvalue weighted by atomic mass is 16.1. The molecule has 1 amide bonds. The number of hydrogen-bond donors (Lipinski definition) is 2. The van der Waals surface area contributed by atoms with E-state index < -0.39 is 0 Å². The Hall–Kier alpha value is -0.610. The molecule has 2 rings (SSSR count). The van der Waals surface area contributed by atoms with Crippen LogP contribution in [0.1, 0.15) is 19.3 Å². The summed E-state index contributed by atoms with van der Waals surface area (Å²) in [5.41, 5.74) is 5.19. The molecule has 74 valence electrons. The number of carbonyl (C=O) groups is 1. The Morgan fingerprint density at radius 3 is 2.31 bits per heavy atom. The fourth-order valence-corrected chi connectivity index (χ4v) is 2.32. The highest BCUT2D eigenvalue weighted by Gasteiger charge is 2.47. The number of piperazine rings is 1. The number of nitrogens with one attached hydrogen (secondary N) is 1. The Bertz CT molecular complexity index is 207. The zero-order chi connectivity index (χ0) is 9.31. The fraction of sp³-hybridized carbons (Fsp3) is 0.889. The molecule has 0 unspecified atom stereocenters.